The third kappa shape index (κ3) is 7.80. The molecule has 0 amide bonds. The van der Waals surface area contributed by atoms with Crippen molar-refractivity contribution in [1.29, 1.82) is 0 Å². The molecule has 5 heteroatoms. The van der Waals surface area contributed by atoms with Crippen LogP contribution in [0, 0.1) is 11.8 Å². The second-order valence-corrected chi connectivity index (χ2v) is 21.8. The second kappa shape index (κ2) is 11.1. The first-order chi connectivity index (χ1) is 14.1. The zero-order valence-corrected chi connectivity index (χ0v) is 24.2. The molecule has 0 saturated heterocycles. The van der Waals surface area contributed by atoms with Crippen molar-refractivity contribution < 1.29 is 13.6 Å². The van der Waals surface area contributed by atoms with Crippen LogP contribution < -0.4 is 0 Å². The van der Waals surface area contributed by atoms with Gasteiger partial charge in [-0.3, -0.25) is 0 Å². The predicted molar refractivity (Wildman–Crippen MR) is 140 cm³/mol. The molecule has 0 aromatic heterocycles. The summed E-state index contributed by atoms with van der Waals surface area (Å²) in [6.07, 6.45) is 13.8. The normalized spacial score (nSPS) is 26.3. The summed E-state index contributed by atoms with van der Waals surface area (Å²) in [6.45, 7) is 25.0. The molecule has 0 heterocycles. The van der Waals surface area contributed by atoms with E-state index >= 15 is 0 Å². The Bertz CT molecular complexity index is 624. The molecule has 1 aliphatic rings. The minimum absolute atomic E-state index is 0.0356. The zero-order valence-electron chi connectivity index (χ0n) is 22.2. The molecule has 1 aliphatic carbocycles. The molecule has 31 heavy (non-hydrogen) atoms. The van der Waals surface area contributed by atoms with Crippen molar-refractivity contribution in [2.24, 2.45) is 11.8 Å². The van der Waals surface area contributed by atoms with Crippen LogP contribution in [0.5, 0.6) is 0 Å². The maximum atomic E-state index is 12.3. The first-order valence-electron chi connectivity index (χ1n) is 12.2. The third-order valence-corrected chi connectivity index (χ3v) is 16.8. The van der Waals surface area contributed by atoms with E-state index in [1.807, 2.05) is 0 Å². The first-order valence-corrected chi connectivity index (χ1v) is 18.0. The second-order valence-electron chi connectivity index (χ2n) is 12.3. The molecule has 1 fully saturated rings. The number of carbonyl (C=O) groups excluding carboxylic acids is 1. The minimum Gasteiger partial charge on any atom is -0.414 e. The van der Waals surface area contributed by atoms with Gasteiger partial charge >= 0.3 is 0 Å². The molecular weight excluding hydrogens is 416 g/mol. The van der Waals surface area contributed by atoms with Crippen LogP contribution in [-0.2, 0) is 13.6 Å². The zero-order chi connectivity index (χ0) is 24.1. The molecule has 0 N–H and O–H groups in total. The van der Waals surface area contributed by atoms with Gasteiger partial charge in [-0.15, -0.1) is 0 Å². The summed E-state index contributed by atoms with van der Waals surface area (Å²) in [6, 6.07) is 0. The highest BCUT2D eigenvalue weighted by molar-refractivity contribution is 6.74. The molecule has 180 valence electrons. The van der Waals surface area contributed by atoms with Gasteiger partial charge in [-0.25, -0.2) is 0 Å². The smallest absolute Gasteiger partial charge is 0.192 e. The van der Waals surface area contributed by atoms with E-state index in [0.29, 0.717) is 0 Å². The Morgan fingerprint density at radius 1 is 0.806 bits per heavy atom. The number of hydrogen-bond acceptors (Lipinski definition) is 3. The lowest BCUT2D eigenvalue weighted by Crippen LogP contribution is -2.45. The van der Waals surface area contributed by atoms with Gasteiger partial charge in [0.1, 0.15) is 6.29 Å². The quantitative estimate of drug-likeness (QED) is 0.186. The Balaban J connectivity index is 3.12. The SMILES string of the molecule is CC/C=C\C/C=C\C[C@@H]1[C@H](C=O)[C@@H](O[Si](C)(C)C(C)(C)C)C[C@H]1O[Si](C)(C)C(C)(C)C. The van der Waals surface area contributed by atoms with Gasteiger partial charge in [0.2, 0.25) is 0 Å². The van der Waals surface area contributed by atoms with Gasteiger partial charge in [-0.1, -0.05) is 72.8 Å². The van der Waals surface area contributed by atoms with Crippen molar-refractivity contribution in [2.45, 2.75) is 123 Å². The molecule has 0 aliphatic heterocycles. The third-order valence-electron chi connectivity index (χ3n) is 7.78. The van der Waals surface area contributed by atoms with Gasteiger partial charge in [0.15, 0.2) is 16.6 Å². The number of carbonyl (C=O) groups is 1. The fourth-order valence-corrected chi connectivity index (χ4v) is 6.39. The Kier molecular flexibility index (Phi) is 10.2. The lowest BCUT2D eigenvalue weighted by atomic mass is 9.91. The Hall–Kier alpha value is -0.496. The van der Waals surface area contributed by atoms with Crippen molar-refractivity contribution in [1.82, 2.24) is 0 Å². The number of aldehydes is 1. The van der Waals surface area contributed by atoms with Crippen LogP contribution in [0.4, 0.5) is 0 Å². The Morgan fingerprint density at radius 3 is 1.74 bits per heavy atom. The van der Waals surface area contributed by atoms with Crippen LogP contribution >= 0.6 is 0 Å². The predicted octanol–water partition coefficient (Wildman–Crippen LogP) is 7.90. The molecule has 3 nitrogen and oxygen atoms in total. The summed E-state index contributed by atoms with van der Waals surface area (Å²) >= 11 is 0. The van der Waals surface area contributed by atoms with Crippen LogP contribution in [0.3, 0.4) is 0 Å². The summed E-state index contributed by atoms with van der Waals surface area (Å²) in [5.74, 6) is 0.0903. The lowest BCUT2D eigenvalue weighted by molar-refractivity contribution is -0.114. The van der Waals surface area contributed by atoms with E-state index in [1.54, 1.807) is 0 Å². The van der Waals surface area contributed by atoms with E-state index in [1.165, 1.54) is 0 Å². The number of allylic oxidation sites excluding steroid dienone is 4. The summed E-state index contributed by atoms with van der Waals surface area (Å²) in [5.41, 5.74) is 0. The van der Waals surface area contributed by atoms with E-state index in [-0.39, 0.29) is 34.1 Å². The number of rotatable bonds is 10. The van der Waals surface area contributed by atoms with E-state index in [9.17, 15) is 4.79 Å². The summed E-state index contributed by atoms with van der Waals surface area (Å²) in [7, 11) is -3.91. The largest absolute Gasteiger partial charge is 0.414 e. The lowest BCUT2D eigenvalue weighted by Gasteiger charge is -2.40. The highest BCUT2D eigenvalue weighted by Gasteiger charge is 2.51. The van der Waals surface area contributed by atoms with Crippen molar-refractivity contribution in [3.8, 4) is 0 Å². The van der Waals surface area contributed by atoms with Gasteiger partial charge in [0, 0.05) is 5.92 Å². The molecule has 0 aromatic rings. The molecule has 0 aromatic carbocycles. The van der Waals surface area contributed by atoms with E-state index in [4.69, 9.17) is 8.85 Å². The average molecular weight is 467 g/mol. The molecule has 0 bridgehead atoms. The van der Waals surface area contributed by atoms with E-state index < -0.39 is 16.6 Å². The van der Waals surface area contributed by atoms with Gasteiger partial charge in [-0.05, 0) is 67.9 Å². The molecule has 1 saturated carbocycles. The van der Waals surface area contributed by atoms with Gasteiger partial charge in [0.05, 0.1) is 12.2 Å². The topological polar surface area (TPSA) is 35.5 Å². The Morgan fingerprint density at radius 2 is 1.29 bits per heavy atom. The molecule has 4 atom stereocenters. The van der Waals surface area contributed by atoms with Crippen molar-refractivity contribution in [3.63, 3.8) is 0 Å². The van der Waals surface area contributed by atoms with Crippen LogP contribution in [0.15, 0.2) is 24.3 Å². The van der Waals surface area contributed by atoms with Crippen LogP contribution in [0.2, 0.25) is 36.3 Å². The van der Waals surface area contributed by atoms with E-state index in [0.717, 1.165) is 32.0 Å². The summed E-state index contributed by atoms with van der Waals surface area (Å²) in [4.78, 5) is 12.3. The molecule has 0 radical (unpaired) electrons. The fraction of sp³-hybridized carbons (Fsp3) is 0.808. The van der Waals surface area contributed by atoms with Gasteiger partial charge in [-0.2, -0.15) is 0 Å². The van der Waals surface area contributed by atoms with Crippen LogP contribution in [0.25, 0.3) is 0 Å². The number of hydrogen-bond donors (Lipinski definition) is 0. The summed E-state index contributed by atoms with van der Waals surface area (Å²) < 4.78 is 13.7. The first kappa shape index (κ1) is 28.5. The minimum atomic E-state index is -1.97. The summed E-state index contributed by atoms with van der Waals surface area (Å²) in [5, 5.41) is 0.271. The molecular formula is C26H50O3Si2. The molecule has 0 unspecified atom stereocenters. The maximum Gasteiger partial charge on any atom is 0.192 e. The fourth-order valence-electron chi connectivity index (χ4n) is 3.65. The highest BCUT2D eigenvalue weighted by Crippen LogP contribution is 2.46. The van der Waals surface area contributed by atoms with Crippen molar-refractivity contribution >= 4 is 22.9 Å². The monoisotopic (exact) mass is 466 g/mol. The van der Waals surface area contributed by atoms with Gasteiger partial charge in [0.25, 0.3) is 0 Å². The van der Waals surface area contributed by atoms with Crippen molar-refractivity contribution in [3.05, 3.63) is 24.3 Å². The average Bonchev–Trinajstić information content (AvgIpc) is 2.90. The van der Waals surface area contributed by atoms with Crippen LogP contribution in [-0.4, -0.2) is 35.1 Å². The van der Waals surface area contributed by atoms with Gasteiger partial charge < -0.3 is 13.6 Å². The molecule has 0 spiro atoms. The van der Waals surface area contributed by atoms with Crippen molar-refractivity contribution in [2.75, 3.05) is 0 Å². The highest BCUT2D eigenvalue weighted by atomic mass is 28.4. The van der Waals surface area contributed by atoms with Crippen LogP contribution in [0.1, 0.15) is 74.1 Å². The standard InChI is InChI=1S/C26H50O3Si2/c1-12-13-14-15-16-17-18-21-22(20-27)24(29-31(10,11)26(5,6)7)19-23(21)28-30(8,9)25(2,3)4/h13-14,16-17,20-24H,12,15,18-19H2,1-11H3/b14-13-,17-16-/t21-,22+,23-,24+/m1/s1. The molecule has 1 rings (SSSR count). The van der Waals surface area contributed by atoms with E-state index in [2.05, 4.69) is 99.0 Å². The maximum absolute atomic E-state index is 12.3. The Labute approximate surface area is 195 Å².